The molecule has 6 nitrogen and oxygen atoms in total. The van der Waals surface area contributed by atoms with Gasteiger partial charge in [0.2, 0.25) is 0 Å². The van der Waals surface area contributed by atoms with Gasteiger partial charge in [0.1, 0.15) is 5.75 Å². The molecular weight excluding hydrogens is 384 g/mol. The minimum atomic E-state index is -0.900. The molecule has 5 atom stereocenters. The second kappa shape index (κ2) is 10.3. The minimum Gasteiger partial charge on any atom is -0.482 e. The number of rotatable bonds is 10. The van der Waals surface area contributed by atoms with Crippen LogP contribution in [0.15, 0.2) is 18.2 Å². The Morgan fingerprint density at radius 3 is 2.70 bits per heavy atom. The third kappa shape index (κ3) is 5.97. The number of fused-ring (bicyclic) bond motifs is 2. The lowest BCUT2D eigenvalue weighted by Gasteiger charge is -2.32. The summed E-state index contributed by atoms with van der Waals surface area (Å²) in [5.74, 6) is 1.38. The topological polar surface area (TPSA) is 93.1 Å². The van der Waals surface area contributed by atoms with Crippen LogP contribution < -0.4 is 4.74 Å². The summed E-state index contributed by atoms with van der Waals surface area (Å²) in [6.45, 7) is 3.39. The number of carboxylic acid groups (broad SMARTS) is 1. The van der Waals surface area contributed by atoms with Crippen LogP contribution in [0, 0.1) is 17.8 Å². The molecule has 2 aliphatic rings. The quantitative estimate of drug-likeness (QED) is 0.562. The summed E-state index contributed by atoms with van der Waals surface area (Å²) in [5.41, 5.74) is 2.52. The predicted molar refractivity (Wildman–Crippen MR) is 112 cm³/mol. The molecule has 2 N–H and O–H groups in total. The van der Waals surface area contributed by atoms with Crippen LogP contribution in [0.5, 0.6) is 5.75 Å². The smallest absolute Gasteiger partial charge is 0.344 e. The number of carbonyl (C=O) groups is 2. The molecule has 1 saturated carbocycles. The van der Waals surface area contributed by atoms with Crippen molar-refractivity contribution in [3.8, 4) is 5.75 Å². The molecule has 3 rings (SSSR count). The summed E-state index contributed by atoms with van der Waals surface area (Å²) < 4.78 is 11.1. The van der Waals surface area contributed by atoms with E-state index < -0.39 is 18.0 Å². The van der Waals surface area contributed by atoms with Crippen molar-refractivity contribution in [1.82, 2.24) is 0 Å². The van der Waals surface area contributed by atoms with Gasteiger partial charge in [-0.1, -0.05) is 12.1 Å². The van der Waals surface area contributed by atoms with Crippen LogP contribution in [-0.4, -0.2) is 41.0 Å². The van der Waals surface area contributed by atoms with E-state index in [1.54, 1.807) is 6.92 Å². The van der Waals surface area contributed by atoms with Crippen LogP contribution in [0.2, 0.25) is 0 Å². The molecule has 166 valence electrons. The first-order valence-electron chi connectivity index (χ1n) is 11.2. The van der Waals surface area contributed by atoms with Crippen LogP contribution in [0.25, 0.3) is 0 Å². The van der Waals surface area contributed by atoms with Crippen molar-refractivity contribution in [2.75, 3.05) is 6.61 Å². The van der Waals surface area contributed by atoms with E-state index in [0.29, 0.717) is 24.2 Å². The van der Waals surface area contributed by atoms with Gasteiger partial charge in [0.25, 0.3) is 0 Å². The number of benzene rings is 1. The molecule has 1 fully saturated rings. The summed E-state index contributed by atoms with van der Waals surface area (Å²) in [6.07, 6.45) is 6.02. The highest BCUT2D eigenvalue weighted by molar-refractivity contribution is 5.71. The molecule has 30 heavy (non-hydrogen) atoms. The van der Waals surface area contributed by atoms with Crippen molar-refractivity contribution >= 4 is 11.9 Å². The van der Waals surface area contributed by atoms with Crippen molar-refractivity contribution in [2.45, 2.75) is 77.4 Å². The zero-order valence-corrected chi connectivity index (χ0v) is 18.0. The first kappa shape index (κ1) is 22.6. The fraction of sp³-hybridized carbons (Fsp3) is 0.667. The number of ether oxygens (including phenoxy) is 2. The Labute approximate surface area is 178 Å². The zero-order valence-electron chi connectivity index (χ0n) is 18.0. The molecule has 0 heterocycles. The second-order valence-electron chi connectivity index (χ2n) is 9.01. The third-order valence-corrected chi connectivity index (χ3v) is 6.67. The standard InChI is InChI=1S/C24H34O6/c1-15(25)6-8-17-9-10-19-13-21-18(12-20(17)19)4-3-5-22(21)29-14-24(28)30-16(2)7-11-23(26)27/h3-5,15-17,19-20,25H,6-14H2,1-2H3,(H,26,27). The van der Waals surface area contributed by atoms with Crippen molar-refractivity contribution in [3.05, 3.63) is 29.3 Å². The Balaban J connectivity index is 1.56. The number of hydrogen-bond donors (Lipinski definition) is 2. The summed E-state index contributed by atoms with van der Waals surface area (Å²) in [5, 5.41) is 18.4. The summed E-state index contributed by atoms with van der Waals surface area (Å²) in [7, 11) is 0. The number of carboxylic acids is 1. The van der Waals surface area contributed by atoms with Crippen molar-refractivity contribution in [3.63, 3.8) is 0 Å². The summed E-state index contributed by atoms with van der Waals surface area (Å²) in [6, 6.07) is 6.06. The summed E-state index contributed by atoms with van der Waals surface area (Å²) >= 11 is 0. The van der Waals surface area contributed by atoms with E-state index in [2.05, 4.69) is 6.07 Å². The van der Waals surface area contributed by atoms with Gasteiger partial charge >= 0.3 is 11.9 Å². The maximum atomic E-state index is 12.1. The number of aliphatic carboxylic acids is 1. The predicted octanol–water partition coefficient (Wildman–Crippen LogP) is 3.76. The summed E-state index contributed by atoms with van der Waals surface area (Å²) in [4.78, 5) is 22.7. The van der Waals surface area contributed by atoms with Gasteiger partial charge in [-0.25, -0.2) is 4.79 Å². The highest BCUT2D eigenvalue weighted by Crippen LogP contribution is 2.48. The molecule has 2 aliphatic carbocycles. The monoisotopic (exact) mass is 418 g/mol. The Bertz CT molecular complexity index is 743. The average Bonchev–Trinajstić information content (AvgIpc) is 3.09. The first-order chi connectivity index (χ1) is 14.3. The van der Waals surface area contributed by atoms with Gasteiger partial charge in [-0.05, 0) is 93.7 Å². The van der Waals surface area contributed by atoms with Gasteiger partial charge in [-0.3, -0.25) is 4.79 Å². The molecule has 1 aromatic rings. The van der Waals surface area contributed by atoms with Gasteiger partial charge < -0.3 is 19.7 Å². The van der Waals surface area contributed by atoms with E-state index >= 15 is 0 Å². The fourth-order valence-electron chi connectivity index (χ4n) is 5.11. The van der Waals surface area contributed by atoms with Crippen LogP contribution in [0.3, 0.4) is 0 Å². The molecule has 6 heteroatoms. The number of hydrogen-bond acceptors (Lipinski definition) is 5. The lowest BCUT2D eigenvalue weighted by molar-refractivity contribution is -0.152. The number of aliphatic hydroxyl groups excluding tert-OH is 1. The third-order valence-electron chi connectivity index (χ3n) is 6.67. The van der Waals surface area contributed by atoms with Crippen molar-refractivity contribution < 1.29 is 29.3 Å². The van der Waals surface area contributed by atoms with Gasteiger partial charge in [0.05, 0.1) is 12.2 Å². The maximum absolute atomic E-state index is 12.1. The van der Waals surface area contributed by atoms with Crippen molar-refractivity contribution in [1.29, 1.82) is 0 Å². The van der Waals surface area contributed by atoms with E-state index in [1.165, 1.54) is 24.0 Å². The number of aliphatic hydroxyl groups is 1. The van der Waals surface area contributed by atoms with Gasteiger partial charge in [0, 0.05) is 6.42 Å². The van der Waals surface area contributed by atoms with E-state index in [4.69, 9.17) is 14.6 Å². The lowest BCUT2D eigenvalue weighted by Crippen LogP contribution is -2.26. The number of esters is 1. The Morgan fingerprint density at radius 2 is 1.97 bits per heavy atom. The molecule has 0 aromatic heterocycles. The zero-order chi connectivity index (χ0) is 21.7. The van der Waals surface area contributed by atoms with Crippen LogP contribution in [0.4, 0.5) is 0 Å². The van der Waals surface area contributed by atoms with Crippen LogP contribution in [0.1, 0.15) is 63.5 Å². The molecule has 0 aliphatic heterocycles. The van der Waals surface area contributed by atoms with E-state index in [0.717, 1.165) is 31.4 Å². The molecule has 5 unspecified atom stereocenters. The molecule has 0 amide bonds. The van der Waals surface area contributed by atoms with Crippen LogP contribution >= 0.6 is 0 Å². The van der Waals surface area contributed by atoms with Crippen LogP contribution in [-0.2, 0) is 27.2 Å². The first-order valence-corrected chi connectivity index (χ1v) is 11.2. The second-order valence-corrected chi connectivity index (χ2v) is 9.01. The fourth-order valence-corrected chi connectivity index (χ4v) is 5.11. The molecule has 0 saturated heterocycles. The molecular formula is C24H34O6. The molecule has 0 bridgehead atoms. The molecule has 0 radical (unpaired) electrons. The Hall–Kier alpha value is -2.08. The van der Waals surface area contributed by atoms with E-state index in [-0.39, 0.29) is 19.1 Å². The molecule has 1 aromatic carbocycles. The van der Waals surface area contributed by atoms with Gasteiger partial charge in [-0.2, -0.15) is 0 Å². The Morgan fingerprint density at radius 1 is 1.17 bits per heavy atom. The normalized spacial score (nSPS) is 24.4. The maximum Gasteiger partial charge on any atom is 0.344 e. The SMILES string of the molecule is CC(O)CCC1CCC2Cc3c(cccc3OCC(=O)OC(C)CCC(=O)O)CC12. The Kier molecular flexibility index (Phi) is 7.75. The average molecular weight is 419 g/mol. The number of carbonyl (C=O) groups excluding carboxylic acids is 1. The largest absolute Gasteiger partial charge is 0.482 e. The van der Waals surface area contributed by atoms with Crippen molar-refractivity contribution in [2.24, 2.45) is 17.8 Å². The highest BCUT2D eigenvalue weighted by Gasteiger charge is 2.39. The van der Waals surface area contributed by atoms with Gasteiger partial charge in [0.15, 0.2) is 6.61 Å². The lowest BCUT2D eigenvalue weighted by atomic mass is 9.73. The molecule has 0 spiro atoms. The minimum absolute atomic E-state index is 0.0255. The van der Waals surface area contributed by atoms with Gasteiger partial charge in [-0.15, -0.1) is 0 Å². The van der Waals surface area contributed by atoms with E-state index in [9.17, 15) is 14.7 Å². The highest BCUT2D eigenvalue weighted by atomic mass is 16.6. The van der Waals surface area contributed by atoms with E-state index in [1.807, 2.05) is 19.1 Å².